The maximum atomic E-state index is 5.94. The third kappa shape index (κ3) is 1.06. The lowest BCUT2D eigenvalue weighted by molar-refractivity contribution is 1.28. The van der Waals surface area contributed by atoms with E-state index in [1.54, 1.807) is 17.4 Å². The Kier molecular flexibility index (Phi) is 1.74. The van der Waals surface area contributed by atoms with E-state index in [1.165, 1.54) is 0 Å². The Morgan fingerprint density at radius 2 is 2.00 bits per heavy atom. The number of thiazole rings is 1. The highest BCUT2D eigenvalue weighted by Gasteiger charge is 2.08. The molecule has 5 heteroatoms. The molecule has 0 amide bonds. The molecule has 2 heterocycles. The van der Waals surface area contributed by atoms with E-state index in [2.05, 4.69) is 4.98 Å². The Morgan fingerprint density at radius 3 is 2.86 bits per heavy atom. The van der Waals surface area contributed by atoms with Crippen LogP contribution in [0.2, 0.25) is 10.0 Å². The van der Waals surface area contributed by atoms with Crippen LogP contribution in [0, 0.1) is 0 Å². The van der Waals surface area contributed by atoms with E-state index >= 15 is 0 Å². The van der Waals surface area contributed by atoms with Crippen LogP contribution >= 0.6 is 34.5 Å². The Hall–Kier alpha value is -0.770. The van der Waals surface area contributed by atoms with Gasteiger partial charge < -0.3 is 0 Å². The Labute approximate surface area is 93.7 Å². The average Bonchev–Trinajstić information content (AvgIpc) is 2.68. The molecule has 0 radical (unpaired) electrons. The zero-order valence-electron chi connectivity index (χ0n) is 6.87. The summed E-state index contributed by atoms with van der Waals surface area (Å²) in [6, 6.07) is 3.63. The molecule has 0 spiro atoms. The largest absolute Gasteiger partial charge is 0.290 e. The van der Waals surface area contributed by atoms with Gasteiger partial charge in [0.2, 0.25) is 0 Å². The summed E-state index contributed by atoms with van der Waals surface area (Å²) in [6.45, 7) is 0. The number of imidazole rings is 1. The number of fused-ring (bicyclic) bond motifs is 3. The molecule has 0 aliphatic heterocycles. The molecule has 14 heavy (non-hydrogen) atoms. The van der Waals surface area contributed by atoms with E-state index in [1.807, 2.05) is 22.0 Å². The predicted octanol–water partition coefficient (Wildman–Crippen LogP) is 3.86. The van der Waals surface area contributed by atoms with Gasteiger partial charge in [0, 0.05) is 11.6 Å². The molecule has 3 rings (SSSR count). The zero-order valence-corrected chi connectivity index (χ0v) is 9.20. The first-order chi connectivity index (χ1) is 6.75. The highest BCUT2D eigenvalue weighted by Crippen LogP contribution is 2.29. The van der Waals surface area contributed by atoms with E-state index in [0.717, 1.165) is 16.0 Å². The third-order valence-electron chi connectivity index (χ3n) is 2.08. The maximum Gasteiger partial charge on any atom is 0.194 e. The molecule has 3 aromatic rings. The number of hydrogen-bond acceptors (Lipinski definition) is 2. The van der Waals surface area contributed by atoms with E-state index < -0.39 is 0 Å². The maximum absolute atomic E-state index is 5.94. The first kappa shape index (κ1) is 8.53. The number of benzene rings is 1. The second-order valence-corrected chi connectivity index (χ2v) is 4.61. The minimum atomic E-state index is 0.546. The van der Waals surface area contributed by atoms with Crippen molar-refractivity contribution in [1.82, 2.24) is 9.38 Å². The van der Waals surface area contributed by atoms with Gasteiger partial charge in [-0.2, -0.15) is 0 Å². The van der Waals surface area contributed by atoms with Gasteiger partial charge in [0.25, 0.3) is 0 Å². The summed E-state index contributed by atoms with van der Waals surface area (Å²) in [4.78, 5) is 5.37. The van der Waals surface area contributed by atoms with Gasteiger partial charge in [-0.25, -0.2) is 4.98 Å². The fraction of sp³-hybridized carbons (Fsp3) is 0. The molecule has 70 valence electrons. The van der Waals surface area contributed by atoms with E-state index in [0.29, 0.717) is 10.0 Å². The van der Waals surface area contributed by atoms with Crippen LogP contribution in [0.5, 0.6) is 0 Å². The zero-order chi connectivity index (χ0) is 9.71. The lowest BCUT2D eigenvalue weighted by Crippen LogP contribution is -1.76. The summed E-state index contributed by atoms with van der Waals surface area (Å²) in [5.41, 5.74) is 1.88. The molecular formula is C9H4Cl2N2S. The first-order valence-corrected chi connectivity index (χ1v) is 5.59. The summed E-state index contributed by atoms with van der Waals surface area (Å²) >= 11 is 13.4. The molecule has 0 aliphatic rings. The third-order valence-corrected chi connectivity index (χ3v) is 3.56. The molecule has 0 unspecified atom stereocenters. The van der Waals surface area contributed by atoms with Crippen molar-refractivity contribution in [3.05, 3.63) is 33.8 Å². The first-order valence-electron chi connectivity index (χ1n) is 3.96. The Morgan fingerprint density at radius 1 is 1.21 bits per heavy atom. The van der Waals surface area contributed by atoms with Gasteiger partial charge in [0.1, 0.15) is 0 Å². The molecule has 0 fully saturated rings. The lowest BCUT2D eigenvalue weighted by Gasteiger charge is -1.94. The monoisotopic (exact) mass is 242 g/mol. The Balaban J connectivity index is 2.57. The highest BCUT2D eigenvalue weighted by atomic mass is 35.5. The van der Waals surface area contributed by atoms with Crippen molar-refractivity contribution in [3.8, 4) is 0 Å². The van der Waals surface area contributed by atoms with Gasteiger partial charge in [-0.05, 0) is 12.1 Å². The Bertz CT molecular complexity index is 626. The highest BCUT2D eigenvalue weighted by molar-refractivity contribution is 7.15. The molecular weight excluding hydrogens is 239 g/mol. The molecule has 2 aromatic heterocycles. The second-order valence-electron chi connectivity index (χ2n) is 2.92. The van der Waals surface area contributed by atoms with Gasteiger partial charge in [-0.3, -0.25) is 4.40 Å². The van der Waals surface area contributed by atoms with Crippen molar-refractivity contribution in [2.24, 2.45) is 0 Å². The SMILES string of the molecule is Clc1cc2nc3sccn3c2cc1Cl. The smallest absolute Gasteiger partial charge is 0.194 e. The number of nitrogens with zero attached hydrogens (tertiary/aromatic N) is 2. The molecule has 0 bridgehead atoms. The van der Waals surface area contributed by atoms with Crippen LogP contribution in [0.1, 0.15) is 0 Å². The van der Waals surface area contributed by atoms with E-state index in [-0.39, 0.29) is 0 Å². The van der Waals surface area contributed by atoms with Crippen molar-refractivity contribution in [3.63, 3.8) is 0 Å². The fourth-order valence-electron chi connectivity index (χ4n) is 1.45. The van der Waals surface area contributed by atoms with Crippen LogP contribution in [0.3, 0.4) is 0 Å². The predicted molar refractivity (Wildman–Crippen MR) is 60.6 cm³/mol. The second kappa shape index (κ2) is 2.86. The summed E-state index contributed by atoms with van der Waals surface area (Å²) in [5.74, 6) is 0. The quantitative estimate of drug-likeness (QED) is 0.586. The number of halogens is 2. The van der Waals surface area contributed by atoms with Crippen LogP contribution in [-0.4, -0.2) is 9.38 Å². The molecule has 0 atom stereocenters. The number of hydrogen-bond donors (Lipinski definition) is 0. The topological polar surface area (TPSA) is 17.3 Å². The van der Waals surface area contributed by atoms with Crippen LogP contribution in [0.4, 0.5) is 0 Å². The normalized spacial score (nSPS) is 11.6. The minimum Gasteiger partial charge on any atom is -0.290 e. The number of aromatic nitrogens is 2. The summed E-state index contributed by atoms with van der Waals surface area (Å²) in [6.07, 6.45) is 1.97. The van der Waals surface area contributed by atoms with Gasteiger partial charge in [-0.15, -0.1) is 11.3 Å². The summed E-state index contributed by atoms with van der Waals surface area (Å²) in [7, 11) is 0. The standard InChI is InChI=1S/C9H4Cl2N2S/c10-5-3-7-8(4-6(5)11)13-1-2-14-9(13)12-7/h1-4H. The fourth-order valence-corrected chi connectivity index (χ4v) is 2.49. The van der Waals surface area contributed by atoms with Gasteiger partial charge in [0.15, 0.2) is 4.96 Å². The van der Waals surface area contributed by atoms with Crippen molar-refractivity contribution in [1.29, 1.82) is 0 Å². The van der Waals surface area contributed by atoms with E-state index in [9.17, 15) is 0 Å². The van der Waals surface area contributed by atoms with Gasteiger partial charge in [-0.1, -0.05) is 23.2 Å². The van der Waals surface area contributed by atoms with Crippen LogP contribution in [0.15, 0.2) is 23.7 Å². The van der Waals surface area contributed by atoms with Crippen molar-refractivity contribution in [2.75, 3.05) is 0 Å². The van der Waals surface area contributed by atoms with Crippen molar-refractivity contribution in [2.45, 2.75) is 0 Å². The van der Waals surface area contributed by atoms with Crippen molar-refractivity contribution >= 4 is 50.5 Å². The van der Waals surface area contributed by atoms with Crippen molar-refractivity contribution < 1.29 is 0 Å². The van der Waals surface area contributed by atoms with Gasteiger partial charge >= 0.3 is 0 Å². The van der Waals surface area contributed by atoms with Crippen LogP contribution in [-0.2, 0) is 0 Å². The van der Waals surface area contributed by atoms with Gasteiger partial charge in [0.05, 0.1) is 21.1 Å². The van der Waals surface area contributed by atoms with E-state index in [4.69, 9.17) is 23.2 Å². The number of rotatable bonds is 0. The molecule has 0 N–H and O–H groups in total. The average molecular weight is 243 g/mol. The lowest BCUT2D eigenvalue weighted by atomic mass is 10.3. The summed E-state index contributed by atoms with van der Waals surface area (Å²) < 4.78 is 2.00. The molecule has 0 aliphatic carbocycles. The molecule has 2 nitrogen and oxygen atoms in total. The van der Waals surface area contributed by atoms with Crippen LogP contribution < -0.4 is 0 Å². The molecule has 0 saturated carbocycles. The summed E-state index contributed by atoms with van der Waals surface area (Å²) in [5, 5.41) is 3.10. The molecule has 0 saturated heterocycles. The van der Waals surface area contributed by atoms with Crippen LogP contribution in [0.25, 0.3) is 16.0 Å². The minimum absolute atomic E-state index is 0.546. The molecule has 1 aromatic carbocycles.